The molecule has 0 bridgehead atoms. The number of rotatable bonds is 9. The Labute approximate surface area is 160 Å². The van der Waals surface area contributed by atoms with Crippen molar-refractivity contribution < 1.29 is 13.2 Å². The largest absolute Gasteiger partial charge is 0.377 e. The highest BCUT2D eigenvalue weighted by atomic mass is 32.2. The number of nitrogens with zero attached hydrogens (tertiary/aromatic N) is 1. The van der Waals surface area contributed by atoms with Crippen molar-refractivity contribution in [3.8, 4) is 0 Å². The molecule has 1 aromatic rings. The van der Waals surface area contributed by atoms with E-state index in [1.165, 1.54) is 0 Å². The lowest BCUT2D eigenvalue weighted by Crippen LogP contribution is -2.37. The van der Waals surface area contributed by atoms with Crippen LogP contribution in [0.2, 0.25) is 0 Å². The lowest BCUT2D eigenvalue weighted by molar-refractivity contribution is 0.114. The molecular formula is C17H28N4O3S2. The first-order valence-electron chi connectivity index (χ1n) is 8.69. The van der Waals surface area contributed by atoms with Crippen molar-refractivity contribution in [2.75, 3.05) is 38.8 Å². The molecule has 1 unspecified atom stereocenters. The van der Waals surface area contributed by atoms with Crippen LogP contribution in [0.25, 0.3) is 0 Å². The van der Waals surface area contributed by atoms with E-state index >= 15 is 0 Å². The zero-order valence-electron chi connectivity index (χ0n) is 15.3. The minimum Gasteiger partial charge on any atom is -0.377 e. The highest BCUT2D eigenvalue weighted by Gasteiger charge is 2.20. The topological polar surface area (TPSA) is 91.8 Å². The van der Waals surface area contributed by atoms with Crippen LogP contribution in [-0.2, 0) is 21.3 Å². The monoisotopic (exact) mass is 400 g/mol. The van der Waals surface area contributed by atoms with Gasteiger partial charge in [-0.05, 0) is 36.8 Å². The molecule has 7 nitrogen and oxygen atoms in total. The number of aliphatic imine (C=N–C) groups is 1. The maximum absolute atomic E-state index is 12.3. The Bertz CT molecular complexity index is 672. The Balaban J connectivity index is 1.84. The lowest BCUT2D eigenvalue weighted by atomic mass is 10.2. The second kappa shape index (κ2) is 10.8. The van der Waals surface area contributed by atoms with Gasteiger partial charge in [0.1, 0.15) is 0 Å². The summed E-state index contributed by atoms with van der Waals surface area (Å²) in [6, 6.07) is 6.86. The predicted octanol–water partition coefficient (Wildman–Crippen LogP) is 1.17. The molecule has 1 aliphatic rings. The van der Waals surface area contributed by atoms with E-state index in [0.717, 1.165) is 36.7 Å². The maximum Gasteiger partial charge on any atom is 0.240 e. The summed E-state index contributed by atoms with van der Waals surface area (Å²) in [6.07, 6.45) is 3.94. The number of guanidine groups is 1. The quantitative estimate of drug-likeness (QED) is 0.327. The van der Waals surface area contributed by atoms with Crippen molar-refractivity contribution in [3.05, 3.63) is 29.8 Å². The van der Waals surface area contributed by atoms with E-state index in [-0.39, 0.29) is 11.0 Å². The standard InChI is InChI=1S/C17H28N4O3S2/c1-18-17(19-9-11-25-2)20-12-14-5-7-16(8-6-14)26(22,23)21-13-15-4-3-10-24-15/h5-8,15,21H,3-4,9-13H2,1-2H3,(H2,18,19,20). The van der Waals surface area contributed by atoms with Crippen LogP contribution in [0.4, 0.5) is 0 Å². The zero-order chi connectivity index (χ0) is 18.8. The summed E-state index contributed by atoms with van der Waals surface area (Å²) in [7, 11) is -1.78. The normalized spacial score (nSPS) is 18.1. The van der Waals surface area contributed by atoms with Crippen molar-refractivity contribution in [2.24, 2.45) is 4.99 Å². The van der Waals surface area contributed by atoms with Crippen LogP contribution in [0, 0.1) is 0 Å². The smallest absolute Gasteiger partial charge is 0.240 e. The first-order chi connectivity index (χ1) is 12.5. The number of hydrogen-bond acceptors (Lipinski definition) is 5. The van der Waals surface area contributed by atoms with Gasteiger partial charge in [-0.15, -0.1) is 0 Å². The molecule has 0 spiro atoms. The van der Waals surface area contributed by atoms with Crippen LogP contribution >= 0.6 is 11.8 Å². The van der Waals surface area contributed by atoms with Gasteiger partial charge >= 0.3 is 0 Å². The van der Waals surface area contributed by atoms with Crippen molar-refractivity contribution in [2.45, 2.75) is 30.4 Å². The van der Waals surface area contributed by atoms with E-state index in [4.69, 9.17) is 4.74 Å². The van der Waals surface area contributed by atoms with Gasteiger partial charge in [-0.1, -0.05) is 12.1 Å². The molecule has 0 aliphatic carbocycles. The molecule has 0 radical (unpaired) electrons. The van der Waals surface area contributed by atoms with Gasteiger partial charge in [-0.25, -0.2) is 13.1 Å². The van der Waals surface area contributed by atoms with E-state index in [1.807, 2.05) is 12.1 Å². The Morgan fingerprint density at radius 3 is 2.69 bits per heavy atom. The molecule has 9 heteroatoms. The number of benzene rings is 1. The highest BCUT2D eigenvalue weighted by molar-refractivity contribution is 7.98. The van der Waals surface area contributed by atoms with Gasteiger partial charge in [0.05, 0.1) is 11.0 Å². The third kappa shape index (κ3) is 6.79. The molecule has 1 fully saturated rings. The molecule has 146 valence electrons. The first-order valence-corrected chi connectivity index (χ1v) is 11.6. The van der Waals surface area contributed by atoms with Crippen LogP contribution < -0.4 is 15.4 Å². The number of ether oxygens (including phenoxy) is 1. The van der Waals surface area contributed by atoms with Gasteiger partial charge in [-0.3, -0.25) is 4.99 Å². The average molecular weight is 401 g/mol. The van der Waals surface area contributed by atoms with Gasteiger partial charge in [0.2, 0.25) is 10.0 Å². The molecular weight excluding hydrogens is 372 g/mol. The second-order valence-corrected chi connectivity index (χ2v) is 8.73. The summed E-state index contributed by atoms with van der Waals surface area (Å²) in [6.45, 7) is 2.45. The molecule has 3 N–H and O–H groups in total. The molecule has 1 saturated heterocycles. The van der Waals surface area contributed by atoms with Crippen LogP contribution in [0.5, 0.6) is 0 Å². The van der Waals surface area contributed by atoms with E-state index < -0.39 is 10.0 Å². The Morgan fingerprint density at radius 2 is 2.08 bits per heavy atom. The summed E-state index contributed by atoms with van der Waals surface area (Å²) >= 11 is 1.77. The molecule has 1 atom stereocenters. The van der Waals surface area contributed by atoms with Gasteiger partial charge in [-0.2, -0.15) is 11.8 Å². The third-order valence-electron chi connectivity index (χ3n) is 4.04. The van der Waals surface area contributed by atoms with Crippen LogP contribution in [-0.4, -0.2) is 59.2 Å². The Hall–Kier alpha value is -1.29. The number of sulfonamides is 1. The number of hydrogen-bond donors (Lipinski definition) is 3. The van der Waals surface area contributed by atoms with Gasteiger partial charge in [0.15, 0.2) is 5.96 Å². The maximum atomic E-state index is 12.3. The Morgan fingerprint density at radius 1 is 1.31 bits per heavy atom. The molecule has 1 heterocycles. The minimum absolute atomic E-state index is 0.0152. The van der Waals surface area contributed by atoms with Crippen molar-refractivity contribution in [1.82, 2.24) is 15.4 Å². The molecule has 1 aliphatic heterocycles. The van der Waals surface area contributed by atoms with Crippen molar-refractivity contribution in [3.63, 3.8) is 0 Å². The zero-order valence-corrected chi connectivity index (χ0v) is 17.0. The van der Waals surface area contributed by atoms with E-state index in [1.54, 1.807) is 30.9 Å². The fourth-order valence-corrected chi connectivity index (χ4v) is 3.93. The molecule has 0 amide bonds. The number of thioether (sulfide) groups is 1. The van der Waals surface area contributed by atoms with Crippen LogP contribution in [0.1, 0.15) is 18.4 Å². The van der Waals surface area contributed by atoms with Gasteiger partial charge in [0.25, 0.3) is 0 Å². The van der Waals surface area contributed by atoms with Crippen molar-refractivity contribution in [1.29, 1.82) is 0 Å². The fraction of sp³-hybridized carbons (Fsp3) is 0.588. The Kier molecular flexibility index (Phi) is 8.70. The number of nitrogens with one attached hydrogen (secondary N) is 3. The highest BCUT2D eigenvalue weighted by Crippen LogP contribution is 2.14. The fourth-order valence-electron chi connectivity index (χ4n) is 2.56. The SMILES string of the molecule is CN=C(NCCSC)NCc1ccc(S(=O)(=O)NCC2CCCO2)cc1. The summed E-state index contributed by atoms with van der Waals surface area (Å²) < 4.78 is 32.8. The molecule has 26 heavy (non-hydrogen) atoms. The summed E-state index contributed by atoms with van der Waals surface area (Å²) in [5.41, 5.74) is 0.982. The van der Waals surface area contributed by atoms with Gasteiger partial charge < -0.3 is 15.4 Å². The van der Waals surface area contributed by atoms with Gasteiger partial charge in [0, 0.05) is 39.0 Å². The summed E-state index contributed by atoms with van der Waals surface area (Å²) in [4.78, 5) is 4.43. The van der Waals surface area contributed by atoms with E-state index in [2.05, 4.69) is 26.6 Å². The predicted molar refractivity (Wildman–Crippen MR) is 107 cm³/mol. The van der Waals surface area contributed by atoms with E-state index in [0.29, 0.717) is 19.7 Å². The summed E-state index contributed by atoms with van der Waals surface area (Å²) in [5, 5.41) is 6.43. The van der Waals surface area contributed by atoms with E-state index in [9.17, 15) is 8.42 Å². The van der Waals surface area contributed by atoms with Crippen LogP contribution in [0.15, 0.2) is 34.2 Å². The average Bonchev–Trinajstić information content (AvgIpc) is 3.17. The minimum atomic E-state index is -3.50. The molecule has 0 aromatic heterocycles. The summed E-state index contributed by atoms with van der Waals surface area (Å²) in [5.74, 6) is 1.74. The molecule has 0 saturated carbocycles. The molecule has 2 rings (SSSR count). The first kappa shape index (κ1) is 21.0. The lowest BCUT2D eigenvalue weighted by Gasteiger charge is -2.13. The second-order valence-electron chi connectivity index (χ2n) is 5.98. The molecule has 1 aromatic carbocycles. The van der Waals surface area contributed by atoms with Crippen LogP contribution in [0.3, 0.4) is 0 Å². The third-order valence-corrected chi connectivity index (χ3v) is 6.09. The van der Waals surface area contributed by atoms with Crippen molar-refractivity contribution >= 4 is 27.7 Å².